The van der Waals surface area contributed by atoms with Crippen molar-refractivity contribution in [3.05, 3.63) is 106 Å². The summed E-state index contributed by atoms with van der Waals surface area (Å²) in [4.78, 5) is 18.0. The average molecular weight is 560 g/mol. The largest absolute Gasteiger partial charge is 0.488 e. The van der Waals surface area contributed by atoms with Gasteiger partial charge in [-0.3, -0.25) is 0 Å². The Morgan fingerprint density at radius 3 is 0.881 bits per heavy atom. The van der Waals surface area contributed by atoms with E-state index < -0.39 is 14.2 Å². The van der Waals surface area contributed by atoms with E-state index in [1.54, 1.807) is 0 Å². The maximum absolute atomic E-state index is 9.03. The quantitative estimate of drug-likeness (QED) is 0.188. The number of aryl methyl sites for hydroxylation is 6. The Labute approximate surface area is 246 Å². The maximum atomic E-state index is 9.03. The third kappa shape index (κ3) is 7.16. The Morgan fingerprint density at radius 1 is 0.429 bits per heavy atom. The summed E-state index contributed by atoms with van der Waals surface area (Å²) in [5.74, 6) is 0. The van der Waals surface area contributed by atoms with Crippen LogP contribution in [0.5, 0.6) is 0 Å². The van der Waals surface area contributed by atoms with Gasteiger partial charge in [-0.2, -0.15) is 0 Å². The molecule has 10 heteroatoms. The summed E-state index contributed by atoms with van der Waals surface area (Å²) in [7, 11) is -2.71. The van der Waals surface area contributed by atoms with Crippen LogP contribution in [0.1, 0.15) is 33.4 Å². The zero-order valence-electron chi connectivity index (χ0n) is 24.7. The first-order valence-electron chi connectivity index (χ1n) is 13.6. The number of hydrogen-bond donors (Lipinski definition) is 4. The molecule has 0 atom stereocenters. The van der Waals surface area contributed by atoms with E-state index in [2.05, 4.69) is 19.9 Å². The minimum absolute atomic E-state index is 0.590. The fourth-order valence-electron chi connectivity index (χ4n) is 5.21. The van der Waals surface area contributed by atoms with E-state index in [4.69, 9.17) is 20.1 Å². The summed E-state index contributed by atoms with van der Waals surface area (Å²) in [5.41, 5.74) is 11.8. The van der Waals surface area contributed by atoms with Crippen LogP contribution in [-0.4, -0.2) is 54.3 Å². The number of rotatable bonds is 2. The fourth-order valence-corrected chi connectivity index (χ4v) is 5.21. The highest BCUT2D eigenvalue weighted by Gasteiger charge is 2.17. The Balaban J connectivity index is 0.000000151. The third-order valence-electron chi connectivity index (χ3n) is 6.86. The van der Waals surface area contributed by atoms with Gasteiger partial charge in [-0.15, -0.1) is 0 Å². The minimum Gasteiger partial charge on any atom is -0.423 e. The van der Waals surface area contributed by atoms with Crippen LogP contribution in [-0.2, 0) is 0 Å². The zero-order chi connectivity index (χ0) is 30.6. The van der Waals surface area contributed by atoms with Gasteiger partial charge in [0.1, 0.15) is 0 Å². The first-order chi connectivity index (χ1) is 19.9. The van der Waals surface area contributed by atoms with Gasteiger partial charge in [0.15, 0.2) is 11.3 Å². The first kappa shape index (κ1) is 30.7. The molecule has 4 aromatic carbocycles. The summed E-state index contributed by atoms with van der Waals surface area (Å²) in [6.45, 7) is 11.5. The molecule has 0 unspecified atom stereocenters. The molecule has 0 saturated carbocycles. The van der Waals surface area contributed by atoms with Crippen molar-refractivity contribution in [2.24, 2.45) is 0 Å². The van der Waals surface area contributed by atoms with Crippen molar-refractivity contribution in [3.8, 4) is 0 Å². The molecule has 0 radical (unpaired) electrons. The number of fused-ring (bicyclic) bond motifs is 3. The molecule has 0 aliphatic rings. The molecule has 4 N–H and O–H groups in total. The summed E-state index contributed by atoms with van der Waals surface area (Å²) >= 11 is 0. The van der Waals surface area contributed by atoms with Gasteiger partial charge in [0.2, 0.25) is 0 Å². The summed E-state index contributed by atoms with van der Waals surface area (Å²) < 4.78 is 0. The minimum atomic E-state index is -1.36. The van der Waals surface area contributed by atoms with Crippen molar-refractivity contribution in [3.63, 3.8) is 0 Å². The van der Waals surface area contributed by atoms with Crippen molar-refractivity contribution < 1.29 is 20.1 Å². The van der Waals surface area contributed by atoms with Crippen molar-refractivity contribution in [2.75, 3.05) is 0 Å². The molecule has 6 rings (SSSR count). The highest BCUT2D eigenvalue weighted by atomic mass is 16.4. The van der Waals surface area contributed by atoms with Crippen LogP contribution >= 0.6 is 0 Å². The number of para-hydroxylation sites is 4. The van der Waals surface area contributed by atoms with Gasteiger partial charge in [-0.25, -0.2) is 19.9 Å². The normalized spacial score (nSPS) is 10.6. The molecule has 212 valence electrons. The predicted molar refractivity (Wildman–Crippen MR) is 171 cm³/mol. The van der Waals surface area contributed by atoms with E-state index in [1.165, 1.54) is 0 Å². The Bertz CT molecular complexity index is 1630. The maximum Gasteiger partial charge on any atom is 0.488 e. The first-order valence-corrected chi connectivity index (χ1v) is 13.6. The molecule has 0 spiro atoms. The van der Waals surface area contributed by atoms with Gasteiger partial charge in [-0.1, -0.05) is 81.9 Å². The van der Waals surface area contributed by atoms with Gasteiger partial charge in [0.05, 0.1) is 22.1 Å². The van der Waals surface area contributed by atoms with Crippen LogP contribution in [0.15, 0.2) is 72.8 Å². The molecule has 0 aliphatic heterocycles. The van der Waals surface area contributed by atoms with Gasteiger partial charge >= 0.3 is 14.2 Å². The van der Waals surface area contributed by atoms with E-state index in [1.807, 2.05) is 114 Å². The van der Waals surface area contributed by atoms with Crippen molar-refractivity contribution in [2.45, 2.75) is 41.5 Å². The lowest BCUT2D eigenvalue weighted by Crippen LogP contribution is -2.34. The lowest BCUT2D eigenvalue weighted by Gasteiger charge is -2.09. The second kappa shape index (κ2) is 13.2. The zero-order valence-corrected chi connectivity index (χ0v) is 24.7. The molecule has 2 heterocycles. The number of aromatic nitrogens is 4. The van der Waals surface area contributed by atoms with Gasteiger partial charge in [-0.05, 0) is 76.7 Å². The van der Waals surface area contributed by atoms with E-state index >= 15 is 0 Å². The van der Waals surface area contributed by atoms with Gasteiger partial charge in [0, 0.05) is 0 Å². The van der Waals surface area contributed by atoms with Gasteiger partial charge in [0.25, 0.3) is 0 Å². The number of benzene rings is 4. The molecule has 2 aromatic heterocycles. The standard InChI is InChI=1S/C14H8N4.2C9H13BO2/c1-2-6-10-9(5-1)15-13-14(16-10)18-12-8-4-3-7-11(12)17-13;2*1-6-4-7(2)9(10(11)12)8(3)5-6/h1-8H;2*4-5,11-12H,1-3H3. The van der Waals surface area contributed by atoms with Crippen LogP contribution in [0, 0.1) is 41.5 Å². The van der Waals surface area contributed by atoms with Crippen molar-refractivity contribution in [1.82, 2.24) is 19.9 Å². The molecule has 6 aromatic rings. The second-order valence-corrected chi connectivity index (χ2v) is 10.4. The Hall–Kier alpha value is -4.21. The molecular formula is C32H34B2N4O4. The Morgan fingerprint density at radius 2 is 0.667 bits per heavy atom. The Kier molecular flexibility index (Phi) is 9.65. The molecule has 0 amide bonds. The number of hydrogen-bond acceptors (Lipinski definition) is 8. The van der Waals surface area contributed by atoms with Crippen LogP contribution < -0.4 is 10.9 Å². The van der Waals surface area contributed by atoms with E-state index in [-0.39, 0.29) is 0 Å². The van der Waals surface area contributed by atoms with Crippen LogP contribution in [0.3, 0.4) is 0 Å². The lowest BCUT2D eigenvalue weighted by atomic mass is 9.74. The lowest BCUT2D eigenvalue weighted by molar-refractivity contribution is 0.424. The molecule has 0 saturated heterocycles. The smallest absolute Gasteiger partial charge is 0.423 e. The molecular weight excluding hydrogens is 526 g/mol. The highest BCUT2D eigenvalue weighted by Crippen LogP contribution is 2.16. The highest BCUT2D eigenvalue weighted by molar-refractivity contribution is 6.60. The third-order valence-corrected chi connectivity index (χ3v) is 6.86. The van der Waals surface area contributed by atoms with Crippen LogP contribution in [0.4, 0.5) is 0 Å². The predicted octanol–water partition coefficient (Wildman–Crippen LogP) is 3.31. The monoisotopic (exact) mass is 560 g/mol. The second-order valence-electron chi connectivity index (χ2n) is 10.4. The molecule has 42 heavy (non-hydrogen) atoms. The molecule has 0 fully saturated rings. The summed E-state index contributed by atoms with van der Waals surface area (Å²) in [6, 6.07) is 23.3. The molecule has 0 aliphatic carbocycles. The summed E-state index contributed by atoms with van der Waals surface area (Å²) in [5, 5.41) is 36.1. The van der Waals surface area contributed by atoms with Crippen molar-refractivity contribution >= 4 is 58.5 Å². The topological polar surface area (TPSA) is 132 Å². The average Bonchev–Trinajstić information content (AvgIpc) is 2.90. The summed E-state index contributed by atoms with van der Waals surface area (Å²) in [6.07, 6.45) is 0. The van der Waals surface area contributed by atoms with Crippen LogP contribution in [0.25, 0.3) is 33.4 Å². The molecule has 8 nitrogen and oxygen atoms in total. The van der Waals surface area contributed by atoms with E-state index in [0.717, 1.165) is 55.4 Å². The van der Waals surface area contributed by atoms with E-state index in [0.29, 0.717) is 22.2 Å². The SMILES string of the molecule is Cc1cc(C)c(B(O)O)c(C)c1.Cc1cc(C)c(B(O)O)c(C)c1.c1ccc2nc3nc4ccccc4nc3nc2c1. The van der Waals surface area contributed by atoms with E-state index in [9.17, 15) is 0 Å². The fraction of sp³-hybridized carbons (Fsp3) is 0.188. The number of nitrogens with zero attached hydrogens (tertiary/aromatic N) is 4. The van der Waals surface area contributed by atoms with Crippen molar-refractivity contribution in [1.29, 1.82) is 0 Å². The van der Waals surface area contributed by atoms with Crippen LogP contribution in [0.2, 0.25) is 0 Å². The molecule has 0 bridgehead atoms. The van der Waals surface area contributed by atoms with Gasteiger partial charge < -0.3 is 20.1 Å².